The standard InChI is InChI=1S/C18H29NO2/c1-14-7-8-16(17(12-14)21-11-10-20-4)19-15-6-5-9-18(2,3)13-15/h7-8,12,15,19H,5-6,9-11,13H2,1-4H3. The number of hydrogen-bond acceptors (Lipinski definition) is 3. The molecule has 0 spiro atoms. The van der Waals surface area contributed by atoms with E-state index in [2.05, 4.69) is 44.3 Å². The first-order chi connectivity index (χ1) is 10.00. The van der Waals surface area contributed by atoms with E-state index in [-0.39, 0.29) is 0 Å². The minimum Gasteiger partial charge on any atom is -0.489 e. The number of anilines is 1. The normalized spacial score (nSPS) is 21.0. The van der Waals surface area contributed by atoms with E-state index in [9.17, 15) is 0 Å². The van der Waals surface area contributed by atoms with Crippen molar-refractivity contribution >= 4 is 5.69 Å². The Bertz CT molecular complexity index is 457. The highest BCUT2D eigenvalue weighted by molar-refractivity contribution is 5.58. The molecule has 0 saturated heterocycles. The van der Waals surface area contributed by atoms with Gasteiger partial charge in [0.05, 0.1) is 12.3 Å². The molecular formula is C18H29NO2. The second-order valence-corrected chi connectivity index (χ2v) is 6.94. The molecule has 21 heavy (non-hydrogen) atoms. The summed E-state index contributed by atoms with van der Waals surface area (Å²) >= 11 is 0. The van der Waals surface area contributed by atoms with Crippen LogP contribution in [-0.4, -0.2) is 26.4 Å². The molecule has 118 valence electrons. The van der Waals surface area contributed by atoms with Crippen LogP contribution < -0.4 is 10.1 Å². The molecule has 3 heteroatoms. The van der Waals surface area contributed by atoms with E-state index in [1.807, 2.05) is 0 Å². The zero-order valence-electron chi connectivity index (χ0n) is 13.9. The van der Waals surface area contributed by atoms with Crippen LogP contribution in [0.1, 0.15) is 45.1 Å². The maximum Gasteiger partial charge on any atom is 0.142 e. The largest absolute Gasteiger partial charge is 0.489 e. The van der Waals surface area contributed by atoms with E-state index in [0.717, 1.165) is 11.4 Å². The number of methoxy groups -OCH3 is 1. The number of ether oxygens (including phenoxy) is 2. The molecule has 1 aromatic carbocycles. The predicted octanol–water partition coefficient (Wildman–Crippen LogP) is 4.40. The quantitative estimate of drug-likeness (QED) is 0.788. The Morgan fingerprint density at radius 3 is 2.81 bits per heavy atom. The van der Waals surface area contributed by atoms with Crippen LogP contribution in [-0.2, 0) is 4.74 Å². The number of aryl methyl sites for hydroxylation is 1. The van der Waals surface area contributed by atoms with E-state index < -0.39 is 0 Å². The molecule has 0 heterocycles. The lowest BCUT2D eigenvalue weighted by Gasteiger charge is -2.36. The molecule has 1 aromatic rings. The monoisotopic (exact) mass is 291 g/mol. The lowest BCUT2D eigenvalue weighted by atomic mass is 9.75. The predicted molar refractivity (Wildman–Crippen MR) is 88.2 cm³/mol. The minimum atomic E-state index is 0.442. The van der Waals surface area contributed by atoms with Crippen LogP contribution in [0.5, 0.6) is 5.75 Å². The van der Waals surface area contributed by atoms with Crippen LogP contribution in [0.15, 0.2) is 18.2 Å². The van der Waals surface area contributed by atoms with Crippen LogP contribution >= 0.6 is 0 Å². The molecule has 3 nitrogen and oxygen atoms in total. The maximum absolute atomic E-state index is 5.86. The van der Waals surface area contributed by atoms with Crippen molar-refractivity contribution in [3.05, 3.63) is 23.8 Å². The van der Waals surface area contributed by atoms with Gasteiger partial charge in [-0.15, -0.1) is 0 Å². The third-order valence-electron chi connectivity index (χ3n) is 4.25. The molecule has 1 saturated carbocycles. The van der Waals surface area contributed by atoms with Gasteiger partial charge in [-0.05, 0) is 49.3 Å². The van der Waals surface area contributed by atoms with Crippen molar-refractivity contribution in [3.63, 3.8) is 0 Å². The lowest BCUT2D eigenvalue weighted by molar-refractivity contribution is 0.146. The SMILES string of the molecule is COCCOc1cc(C)ccc1NC1CCCC(C)(C)C1. The number of hydrogen-bond donors (Lipinski definition) is 1. The summed E-state index contributed by atoms with van der Waals surface area (Å²) in [5.41, 5.74) is 2.77. The van der Waals surface area contributed by atoms with Gasteiger partial charge in [0.25, 0.3) is 0 Å². The molecule has 1 fully saturated rings. The van der Waals surface area contributed by atoms with Crippen LogP contribution in [0.25, 0.3) is 0 Å². The lowest BCUT2D eigenvalue weighted by Crippen LogP contribution is -2.31. The van der Waals surface area contributed by atoms with Crippen molar-refractivity contribution in [1.29, 1.82) is 0 Å². The molecule has 0 aromatic heterocycles. The third kappa shape index (κ3) is 4.92. The minimum absolute atomic E-state index is 0.442. The van der Waals surface area contributed by atoms with Crippen LogP contribution in [0.4, 0.5) is 5.69 Å². The zero-order chi connectivity index (χ0) is 15.3. The molecule has 0 bridgehead atoms. The first-order valence-corrected chi connectivity index (χ1v) is 7.99. The highest BCUT2D eigenvalue weighted by atomic mass is 16.5. The average Bonchev–Trinajstić information content (AvgIpc) is 2.41. The van der Waals surface area contributed by atoms with E-state index in [4.69, 9.17) is 9.47 Å². The van der Waals surface area contributed by atoms with Crippen molar-refractivity contribution in [3.8, 4) is 5.75 Å². The topological polar surface area (TPSA) is 30.5 Å². The van der Waals surface area contributed by atoms with E-state index in [1.165, 1.54) is 31.2 Å². The van der Waals surface area contributed by atoms with Crippen LogP contribution in [0.2, 0.25) is 0 Å². The fourth-order valence-corrected chi connectivity index (χ4v) is 3.14. The smallest absolute Gasteiger partial charge is 0.142 e. The summed E-state index contributed by atoms with van der Waals surface area (Å²) in [6, 6.07) is 6.92. The molecule has 2 rings (SSSR count). The van der Waals surface area contributed by atoms with Crippen molar-refractivity contribution in [1.82, 2.24) is 0 Å². The summed E-state index contributed by atoms with van der Waals surface area (Å²) in [7, 11) is 1.70. The maximum atomic E-state index is 5.86. The third-order valence-corrected chi connectivity index (χ3v) is 4.25. The number of rotatable bonds is 6. The van der Waals surface area contributed by atoms with E-state index >= 15 is 0 Å². The van der Waals surface area contributed by atoms with E-state index in [1.54, 1.807) is 7.11 Å². The second kappa shape index (κ2) is 7.17. The molecule has 0 amide bonds. The number of nitrogens with one attached hydrogen (secondary N) is 1. The summed E-state index contributed by atoms with van der Waals surface area (Å²) < 4.78 is 10.9. The Balaban J connectivity index is 2.04. The number of benzene rings is 1. The average molecular weight is 291 g/mol. The summed E-state index contributed by atoms with van der Waals surface area (Å²) in [6.45, 7) is 8.03. The Labute approximate surface area is 129 Å². The molecule has 1 N–H and O–H groups in total. The summed E-state index contributed by atoms with van der Waals surface area (Å²) in [4.78, 5) is 0. The van der Waals surface area contributed by atoms with Gasteiger partial charge in [0.15, 0.2) is 0 Å². The van der Waals surface area contributed by atoms with Crippen molar-refractivity contribution < 1.29 is 9.47 Å². The Morgan fingerprint density at radius 2 is 2.10 bits per heavy atom. The molecule has 1 atom stereocenters. The Hall–Kier alpha value is -1.22. The fraction of sp³-hybridized carbons (Fsp3) is 0.667. The molecule has 1 aliphatic rings. The summed E-state index contributed by atoms with van der Waals surface area (Å²) in [5.74, 6) is 0.940. The first-order valence-electron chi connectivity index (χ1n) is 7.99. The van der Waals surface area contributed by atoms with Gasteiger partial charge in [0, 0.05) is 13.2 Å². The summed E-state index contributed by atoms with van der Waals surface area (Å²) in [5, 5.41) is 3.69. The van der Waals surface area contributed by atoms with Crippen molar-refractivity contribution in [2.24, 2.45) is 5.41 Å². The molecular weight excluding hydrogens is 262 g/mol. The van der Waals surface area contributed by atoms with Gasteiger partial charge in [-0.2, -0.15) is 0 Å². The van der Waals surface area contributed by atoms with Gasteiger partial charge in [-0.25, -0.2) is 0 Å². The Morgan fingerprint density at radius 1 is 1.29 bits per heavy atom. The molecule has 0 radical (unpaired) electrons. The summed E-state index contributed by atoms with van der Waals surface area (Å²) in [6.07, 6.45) is 5.10. The van der Waals surface area contributed by atoms with Crippen molar-refractivity contribution in [2.75, 3.05) is 25.6 Å². The van der Waals surface area contributed by atoms with Crippen LogP contribution in [0, 0.1) is 12.3 Å². The highest BCUT2D eigenvalue weighted by Gasteiger charge is 2.28. The Kier molecular flexibility index (Phi) is 5.51. The molecule has 1 aliphatic carbocycles. The highest BCUT2D eigenvalue weighted by Crippen LogP contribution is 2.37. The second-order valence-electron chi connectivity index (χ2n) is 6.94. The van der Waals surface area contributed by atoms with Gasteiger partial charge >= 0.3 is 0 Å². The molecule has 1 unspecified atom stereocenters. The van der Waals surface area contributed by atoms with Gasteiger partial charge in [0.2, 0.25) is 0 Å². The van der Waals surface area contributed by atoms with Crippen LogP contribution in [0.3, 0.4) is 0 Å². The first kappa shape index (κ1) is 16.2. The van der Waals surface area contributed by atoms with Gasteiger partial charge in [-0.1, -0.05) is 26.3 Å². The molecule has 0 aliphatic heterocycles. The van der Waals surface area contributed by atoms with Gasteiger partial charge in [-0.3, -0.25) is 0 Å². The van der Waals surface area contributed by atoms with Gasteiger partial charge < -0.3 is 14.8 Å². The van der Waals surface area contributed by atoms with E-state index in [0.29, 0.717) is 24.7 Å². The zero-order valence-corrected chi connectivity index (χ0v) is 13.9. The van der Waals surface area contributed by atoms with Crippen molar-refractivity contribution in [2.45, 2.75) is 52.5 Å². The fourth-order valence-electron chi connectivity index (χ4n) is 3.14. The van der Waals surface area contributed by atoms with Gasteiger partial charge in [0.1, 0.15) is 12.4 Å².